The minimum Gasteiger partial charge on any atom is -0.370 e. The van der Waals surface area contributed by atoms with Crippen molar-refractivity contribution in [3.05, 3.63) is 34.9 Å². The zero-order valence-electron chi connectivity index (χ0n) is 12.3. The molecule has 0 saturated carbocycles. The lowest BCUT2D eigenvalue weighted by atomic mass is 10.0. The minimum atomic E-state index is 0.291. The van der Waals surface area contributed by atoms with Gasteiger partial charge in [0.15, 0.2) is 5.96 Å². The number of aliphatic imine (C=N–C) groups is 1. The molecule has 1 atom stereocenters. The van der Waals surface area contributed by atoms with Crippen LogP contribution in [0.5, 0.6) is 0 Å². The largest absolute Gasteiger partial charge is 0.370 e. The zero-order chi connectivity index (χ0) is 14.0. The van der Waals surface area contributed by atoms with Crippen molar-refractivity contribution in [1.82, 2.24) is 9.80 Å². The number of hydrogen-bond acceptors (Lipinski definition) is 4. The van der Waals surface area contributed by atoms with E-state index in [0.29, 0.717) is 12.0 Å². The summed E-state index contributed by atoms with van der Waals surface area (Å²) in [6, 6.07) is 6.93. The maximum Gasteiger partial charge on any atom is 0.191 e. The summed E-state index contributed by atoms with van der Waals surface area (Å²) in [6.07, 6.45) is 0. The second-order valence-electron chi connectivity index (χ2n) is 5.56. The van der Waals surface area contributed by atoms with Crippen molar-refractivity contribution in [2.75, 3.05) is 33.7 Å². The van der Waals surface area contributed by atoms with Gasteiger partial charge in [-0.3, -0.25) is 4.99 Å². The molecule has 1 heterocycles. The maximum absolute atomic E-state index is 6.02. The Morgan fingerprint density at radius 1 is 1.32 bits per heavy atom. The second-order valence-corrected chi connectivity index (χ2v) is 5.56. The van der Waals surface area contributed by atoms with Crippen molar-refractivity contribution < 1.29 is 0 Å². The molecule has 1 aromatic rings. The molecule has 2 N–H and O–H groups in total. The molecule has 1 unspecified atom stereocenters. The molecule has 104 valence electrons. The zero-order valence-corrected chi connectivity index (χ0v) is 12.3. The van der Waals surface area contributed by atoms with Gasteiger partial charge in [-0.05, 0) is 44.6 Å². The Morgan fingerprint density at radius 3 is 2.68 bits per heavy atom. The van der Waals surface area contributed by atoms with Crippen LogP contribution in [-0.2, 0) is 0 Å². The van der Waals surface area contributed by atoms with Gasteiger partial charge in [0.05, 0.1) is 12.6 Å². The number of likely N-dealkylation sites (N-methyl/N-ethyl adjacent to an activating group) is 1. The van der Waals surface area contributed by atoms with Crippen LogP contribution in [0.15, 0.2) is 23.2 Å². The highest BCUT2D eigenvalue weighted by Crippen LogP contribution is 2.26. The Labute approximate surface area is 115 Å². The molecular formula is C15H24N4. The molecular weight excluding hydrogens is 236 g/mol. The fraction of sp³-hybridized carbons (Fsp3) is 0.533. The number of nitrogens with zero attached hydrogens (tertiary/aromatic N) is 3. The molecule has 1 aliphatic rings. The summed E-state index contributed by atoms with van der Waals surface area (Å²) in [4.78, 5) is 8.79. The van der Waals surface area contributed by atoms with E-state index in [2.05, 4.69) is 60.9 Å². The van der Waals surface area contributed by atoms with Gasteiger partial charge < -0.3 is 15.5 Å². The summed E-state index contributed by atoms with van der Waals surface area (Å²) in [5.74, 6) is 0.671. The van der Waals surface area contributed by atoms with Crippen LogP contribution in [-0.4, -0.2) is 49.5 Å². The summed E-state index contributed by atoms with van der Waals surface area (Å²) < 4.78 is 0. The molecule has 0 aromatic heterocycles. The number of rotatable bonds is 4. The van der Waals surface area contributed by atoms with Crippen molar-refractivity contribution in [2.24, 2.45) is 10.7 Å². The third-order valence-corrected chi connectivity index (χ3v) is 3.80. The van der Waals surface area contributed by atoms with Gasteiger partial charge in [-0.15, -0.1) is 0 Å². The van der Waals surface area contributed by atoms with E-state index in [4.69, 9.17) is 5.73 Å². The van der Waals surface area contributed by atoms with E-state index in [1.807, 2.05) is 0 Å². The van der Waals surface area contributed by atoms with Crippen LogP contribution in [0.2, 0.25) is 0 Å². The van der Waals surface area contributed by atoms with E-state index in [-0.39, 0.29) is 0 Å². The molecule has 1 aliphatic heterocycles. The SMILES string of the molecule is Cc1ccc(C2CN=C(N)N2CCN(C)C)cc1C. The van der Waals surface area contributed by atoms with Crippen LogP contribution in [0.3, 0.4) is 0 Å². The average molecular weight is 260 g/mol. The first-order valence-corrected chi connectivity index (χ1v) is 6.77. The lowest BCUT2D eigenvalue weighted by Crippen LogP contribution is -2.40. The second kappa shape index (κ2) is 5.61. The first-order valence-electron chi connectivity index (χ1n) is 6.77. The Hall–Kier alpha value is -1.55. The van der Waals surface area contributed by atoms with E-state index >= 15 is 0 Å². The topological polar surface area (TPSA) is 44.9 Å². The number of hydrogen-bond donors (Lipinski definition) is 1. The van der Waals surface area contributed by atoms with Crippen LogP contribution < -0.4 is 5.73 Å². The fourth-order valence-electron chi connectivity index (χ4n) is 2.36. The Balaban J connectivity index is 2.16. The first kappa shape index (κ1) is 13.9. The van der Waals surface area contributed by atoms with Gasteiger partial charge in [-0.25, -0.2) is 0 Å². The molecule has 2 rings (SSSR count). The van der Waals surface area contributed by atoms with E-state index in [9.17, 15) is 0 Å². The van der Waals surface area contributed by atoms with Gasteiger partial charge in [0.25, 0.3) is 0 Å². The number of nitrogens with two attached hydrogens (primary N) is 1. The normalized spacial score (nSPS) is 19.1. The molecule has 0 spiro atoms. The van der Waals surface area contributed by atoms with E-state index in [1.54, 1.807) is 0 Å². The highest BCUT2D eigenvalue weighted by atomic mass is 15.3. The molecule has 0 radical (unpaired) electrons. The van der Waals surface area contributed by atoms with Crippen LogP contribution in [0.1, 0.15) is 22.7 Å². The molecule has 4 nitrogen and oxygen atoms in total. The van der Waals surface area contributed by atoms with Gasteiger partial charge >= 0.3 is 0 Å². The quantitative estimate of drug-likeness (QED) is 0.893. The van der Waals surface area contributed by atoms with E-state index < -0.39 is 0 Å². The van der Waals surface area contributed by atoms with Crippen molar-refractivity contribution in [3.8, 4) is 0 Å². The monoisotopic (exact) mass is 260 g/mol. The number of benzene rings is 1. The minimum absolute atomic E-state index is 0.291. The Bertz CT molecular complexity index is 479. The van der Waals surface area contributed by atoms with Crippen molar-refractivity contribution >= 4 is 5.96 Å². The predicted molar refractivity (Wildman–Crippen MR) is 80.4 cm³/mol. The van der Waals surface area contributed by atoms with E-state index in [1.165, 1.54) is 16.7 Å². The molecule has 0 amide bonds. The van der Waals surface area contributed by atoms with Gasteiger partial charge in [0.1, 0.15) is 0 Å². The summed E-state index contributed by atoms with van der Waals surface area (Å²) in [6.45, 7) is 6.96. The smallest absolute Gasteiger partial charge is 0.191 e. The molecule has 0 saturated heterocycles. The molecule has 0 fully saturated rings. The molecule has 19 heavy (non-hydrogen) atoms. The molecule has 1 aromatic carbocycles. The van der Waals surface area contributed by atoms with Crippen molar-refractivity contribution in [2.45, 2.75) is 19.9 Å². The van der Waals surface area contributed by atoms with E-state index in [0.717, 1.165) is 19.6 Å². The molecule has 4 heteroatoms. The lowest BCUT2D eigenvalue weighted by Gasteiger charge is -2.28. The van der Waals surface area contributed by atoms with Gasteiger partial charge in [-0.2, -0.15) is 0 Å². The van der Waals surface area contributed by atoms with Crippen LogP contribution in [0, 0.1) is 13.8 Å². The molecule has 0 aliphatic carbocycles. The molecule has 0 bridgehead atoms. The van der Waals surface area contributed by atoms with Crippen molar-refractivity contribution in [3.63, 3.8) is 0 Å². The standard InChI is InChI=1S/C15H24N4/c1-11-5-6-13(9-12(11)2)14-10-17-15(16)19(14)8-7-18(3)4/h5-6,9,14H,7-8,10H2,1-4H3,(H2,16,17). The third-order valence-electron chi connectivity index (χ3n) is 3.80. The number of guanidine groups is 1. The highest BCUT2D eigenvalue weighted by molar-refractivity contribution is 5.80. The van der Waals surface area contributed by atoms with Gasteiger partial charge in [-0.1, -0.05) is 18.2 Å². The van der Waals surface area contributed by atoms with Crippen LogP contribution >= 0.6 is 0 Å². The van der Waals surface area contributed by atoms with Crippen LogP contribution in [0.4, 0.5) is 0 Å². The summed E-state index contributed by atoms with van der Waals surface area (Å²) in [5, 5.41) is 0. The average Bonchev–Trinajstić information content (AvgIpc) is 2.71. The fourth-order valence-corrected chi connectivity index (χ4v) is 2.36. The first-order chi connectivity index (χ1) is 8.99. The van der Waals surface area contributed by atoms with Gasteiger partial charge in [0, 0.05) is 13.1 Å². The van der Waals surface area contributed by atoms with Gasteiger partial charge in [0.2, 0.25) is 0 Å². The predicted octanol–water partition coefficient (Wildman–Crippen LogP) is 1.54. The lowest BCUT2D eigenvalue weighted by molar-refractivity contribution is 0.293. The Morgan fingerprint density at radius 2 is 2.05 bits per heavy atom. The summed E-state index contributed by atoms with van der Waals surface area (Å²) in [7, 11) is 4.16. The third kappa shape index (κ3) is 3.07. The highest BCUT2D eigenvalue weighted by Gasteiger charge is 2.27. The Kier molecular flexibility index (Phi) is 4.10. The number of aryl methyl sites for hydroxylation is 2. The van der Waals surface area contributed by atoms with Crippen molar-refractivity contribution in [1.29, 1.82) is 0 Å². The summed E-state index contributed by atoms with van der Waals surface area (Å²) >= 11 is 0. The maximum atomic E-state index is 6.02. The summed E-state index contributed by atoms with van der Waals surface area (Å²) in [5.41, 5.74) is 9.99. The van der Waals surface area contributed by atoms with Crippen LogP contribution in [0.25, 0.3) is 0 Å².